The fourth-order valence-corrected chi connectivity index (χ4v) is 4.25. The third-order valence-corrected chi connectivity index (χ3v) is 5.75. The van der Waals surface area contributed by atoms with E-state index >= 15 is 0 Å². The van der Waals surface area contributed by atoms with Crippen molar-refractivity contribution in [2.75, 3.05) is 43.9 Å². The van der Waals surface area contributed by atoms with E-state index in [1.807, 2.05) is 36.4 Å². The van der Waals surface area contributed by atoms with E-state index in [2.05, 4.69) is 59.5 Å². The number of benzene rings is 2. The predicted octanol–water partition coefficient (Wildman–Crippen LogP) is 5.13. The highest BCUT2D eigenvalue weighted by Gasteiger charge is 2.23. The topological polar surface area (TPSA) is 55.4 Å². The van der Waals surface area contributed by atoms with E-state index in [1.54, 1.807) is 0 Å². The van der Waals surface area contributed by atoms with Gasteiger partial charge in [-0.3, -0.25) is 0 Å². The molecule has 1 aliphatic heterocycles. The number of hydrogen-bond acceptors (Lipinski definition) is 5. The Bertz CT molecular complexity index is 1020. The van der Waals surface area contributed by atoms with E-state index in [-0.39, 0.29) is 0 Å². The standard InChI is InChI=1S/C25H28N4O/c1-28(2)22-13-8-15-29(23-12-7-6-11-20(22)23)16-14-27-21-17-24(30-25(21)18-26)19-9-4-3-5-10-19/h3-7,9-12,17,22,27H,8,13-16H2,1-2H3. The van der Waals surface area contributed by atoms with E-state index in [4.69, 9.17) is 4.42 Å². The molecule has 0 aliphatic carbocycles. The second-order valence-corrected chi connectivity index (χ2v) is 7.93. The van der Waals surface area contributed by atoms with Gasteiger partial charge >= 0.3 is 0 Å². The molecule has 0 saturated heterocycles. The molecule has 0 radical (unpaired) electrons. The Morgan fingerprint density at radius 3 is 2.67 bits per heavy atom. The van der Waals surface area contributed by atoms with E-state index in [1.165, 1.54) is 11.3 Å². The molecular weight excluding hydrogens is 372 g/mol. The van der Waals surface area contributed by atoms with Crippen molar-refractivity contribution in [2.24, 2.45) is 0 Å². The van der Waals surface area contributed by atoms with Crippen LogP contribution in [0, 0.1) is 11.3 Å². The maximum Gasteiger partial charge on any atom is 0.227 e. The molecule has 0 saturated carbocycles. The summed E-state index contributed by atoms with van der Waals surface area (Å²) in [6.45, 7) is 2.64. The lowest BCUT2D eigenvalue weighted by atomic mass is 10.0. The zero-order valence-electron chi connectivity index (χ0n) is 17.6. The highest BCUT2D eigenvalue weighted by Crippen LogP contribution is 2.35. The van der Waals surface area contributed by atoms with Gasteiger partial charge in [-0.25, -0.2) is 0 Å². The summed E-state index contributed by atoms with van der Waals surface area (Å²) >= 11 is 0. The van der Waals surface area contributed by atoms with Crippen LogP contribution in [0.25, 0.3) is 11.3 Å². The molecule has 2 aromatic carbocycles. The number of hydrogen-bond donors (Lipinski definition) is 1. The zero-order valence-corrected chi connectivity index (χ0v) is 17.6. The first-order valence-corrected chi connectivity index (χ1v) is 10.5. The van der Waals surface area contributed by atoms with Gasteiger partial charge in [0.05, 0.1) is 5.69 Å². The molecule has 154 valence electrons. The Morgan fingerprint density at radius 1 is 1.13 bits per heavy atom. The average molecular weight is 401 g/mol. The van der Waals surface area contributed by atoms with Gasteiger partial charge in [-0.1, -0.05) is 48.5 Å². The lowest BCUT2D eigenvalue weighted by Gasteiger charge is -2.28. The lowest BCUT2D eigenvalue weighted by molar-refractivity contribution is 0.284. The minimum atomic E-state index is 0.331. The first-order valence-electron chi connectivity index (χ1n) is 10.5. The number of fused-ring (bicyclic) bond motifs is 1. The van der Waals surface area contributed by atoms with Crippen molar-refractivity contribution in [3.05, 3.63) is 72.0 Å². The molecule has 5 nitrogen and oxygen atoms in total. The third-order valence-electron chi connectivity index (χ3n) is 5.75. The van der Waals surface area contributed by atoms with Crippen molar-refractivity contribution >= 4 is 11.4 Å². The Kier molecular flexibility index (Phi) is 6.06. The molecule has 1 N–H and O–H groups in total. The van der Waals surface area contributed by atoms with Gasteiger partial charge in [0.25, 0.3) is 0 Å². The van der Waals surface area contributed by atoms with E-state index in [0.29, 0.717) is 17.6 Å². The van der Waals surface area contributed by atoms with Gasteiger partial charge in [-0.2, -0.15) is 5.26 Å². The number of nitrogens with one attached hydrogen (secondary N) is 1. The van der Waals surface area contributed by atoms with E-state index in [0.717, 1.165) is 43.7 Å². The maximum absolute atomic E-state index is 9.48. The second kappa shape index (κ2) is 9.06. The van der Waals surface area contributed by atoms with Crippen LogP contribution < -0.4 is 10.2 Å². The lowest BCUT2D eigenvalue weighted by Crippen LogP contribution is -2.30. The minimum absolute atomic E-state index is 0.331. The first kappa shape index (κ1) is 20.1. The van der Waals surface area contributed by atoms with Crippen molar-refractivity contribution in [1.29, 1.82) is 5.26 Å². The fraction of sp³-hybridized carbons (Fsp3) is 0.320. The predicted molar refractivity (Wildman–Crippen MR) is 122 cm³/mol. The summed E-state index contributed by atoms with van der Waals surface area (Å²) in [5.74, 6) is 1.04. The Balaban J connectivity index is 1.47. The van der Waals surface area contributed by atoms with E-state index in [9.17, 15) is 5.26 Å². The average Bonchev–Trinajstić information content (AvgIpc) is 3.09. The molecule has 1 unspecified atom stereocenters. The SMILES string of the molecule is CN(C)C1CCCN(CCNc2cc(-c3ccccc3)oc2C#N)c2ccccc21. The zero-order chi connectivity index (χ0) is 20.9. The number of rotatable bonds is 6. The van der Waals surface area contributed by atoms with Gasteiger partial charge in [0.1, 0.15) is 11.8 Å². The normalized spacial score (nSPS) is 16.1. The Labute approximate surface area is 178 Å². The van der Waals surface area contributed by atoms with Crippen molar-refractivity contribution in [3.63, 3.8) is 0 Å². The number of para-hydroxylation sites is 1. The van der Waals surface area contributed by atoms with E-state index < -0.39 is 0 Å². The van der Waals surface area contributed by atoms with Crippen LogP contribution in [0.1, 0.15) is 30.2 Å². The molecule has 0 fully saturated rings. The van der Waals surface area contributed by atoms with Crippen LogP contribution in [0.3, 0.4) is 0 Å². The van der Waals surface area contributed by atoms with Crippen molar-refractivity contribution < 1.29 is 4.42 Å². The van der Waals surface area contributed by atoms with Crippen LogP contribution in [-0.4, -0.2) is 38.6 Å². The molecule has 2 heterocycles. The van der Waals surface area contributed by atoms with Crippen LogP contribution in [0.5, 0.6) is 0 Å². The van der Waals surface area contributed by atoms with Crippen LogP contribution in [0.15, 0.2) is 65.1 Å². The van der Waals surface area contributed by atoms with Crippen molar-refractivity contribution in [1.82, 2.24) is 4.90 Å². The summed E-state index contributed by atoms with van der Waals surface area (Å²) in [6, 6.07) is 23.1. The summed E-state index contributed by atoms with van der Waals surface area (Å²) in [5.41, 5.74) is 4.43. The molecule has 0 amide bonds. The van der Waals surface area contributed by atoms with Gasteiger partial charge in [0.15, 0.2) is 0 Å². The van der Waals surface area contributed by atoms with Crippen LogP contribution in [0.4, 0.5) is 11.4 Å². The molecule has 4 rings (SSSR count). The van der Waals surface area contributed by atoms with Crippen LogP contribution in [0.2, 0.25) is 0 Å². The number of nitriles is 1. The maximum atomic E-state index is 9.48. The minimum Gasteiger partial charge on any atom is -0.443 e. The fourth-order valence-electron chi connectivity index (χ4n) is 4.25. The third kappa shape index (κ3) is 4.19. The van der Waals surface area contributed by atoms with Crippen LogP contribution >= 0.6 is 0 Å². The first-order chi connectivity index (χ1) is 14.7. The van der Waals surface area contributed by atoms with Crippen molar-refractivity contribution in [2.45, 2.75) is 18.9 Å². The molecule has 1 aliphatic rings. The summed E-state index contributed by atoms with van der Waals surface area (Å²) in [4.78, 5) is 4.77. The van der Waals surface area contributed by atoms with Crippen LogP contribution in [-0.2, 0) is 0 Å². The number of furan rings is 1. The Morgan fingerprint density at radius 2 is 1.90 bits per heavy atom. The number of nitrogens with zero attached hydrogens (tertiary/aromatic N) is 3. The molecule has 5 heteroatoms. The summed E-state index contributed by atoms with van der Waals surface area (Å²) in [5, 5.41) is 12.9. The molecule has 1 atom stereocenters. The largest absolute Gasteiger partial charge is 0.443 e. The van der Waals surface area contributed by atoms with Gasteiger partial charge in [0, 0.05) is 43.0 Å². The Hall–Kier alpha value is -3.23. The smallest absolute Gasteiger partial charge is 0.227 e. The second-order valence-electron chi connectivity index (χ2n) is 7.93. The van der Waals surface area contributed by atoms with Gasteiger partial charge < -0.3 is 19.5 Å². The molecular formula is C25H28N4O. The summed E-state index contributed by atoms with van der Waals surface area (Å²) in [7, 11) is 4.32. The molecule has 30 heavy (non-hydrogen) atoms. The molecule has 3 aromatic rings. The van der Waals surface area contributed by atoms with Gasteiger partial charge in [0.2, 0.25) is 5.76 Å². The summed E-state index contributed by atoms with van der Waals surface area (Å²) in [6.07, 6.45) is 2.32. The van der Waals surface area contributed by atoms with Crippen molar-refractivity contribution in [3.8, 4) is 17.4 Å². The molecule has 0 bridgehead atoms. The molecule has 1 aromatic heterocycles. The highest BCUT2D eigenvalue weighted by atomic mass is 16.3. The quantitative estimate of drug-likeness (QED) is 0.621. The highest BCUT2D eigenvalue weighted by molar-refractivity contribution is 5.67. The van der Waals surface area contributed by atoms with Gasteiger partial charge in [-0.15, -0.1) is 0 Å². The summed E-state index contributed by atoms with van der Waals surface area (Å²) < 4.78 is 5.77. The molecule has 0 spiro atoms. The number of anilines is 2. The van der Waals surface area contributed by atoms with Gasteiger partial charge in [-0.05, 0) is 38.6 Å². The monoisotopic (exact) mass is 400 g/mol.